The summed E-state index contributed by atoms with van der Waals surface area (Å²) in [6.45, 7) is 1.51. The van der Waals surface area contributed by atoms with Gasteiger partial charge in [-0.2, -0.15) is 0 Å². The van der Waals surface area contributed by atoms with Crippen LogP contribution in [0.1, 0.15) is 56.3 Å². The summed E-state index contributed by atoms with van der Waals surface area (Å²) in [5.74, 6) is 0.363. The Kier molecular flexibility index (Phi) is 10.2. The van der Waals surface area contributed by atoms with Crippen molar-refractivity contribution in [2.75, 3.05) is 20.2 Å². The largest absolute Gasteiger partial charge is 0.497 e. The summed E-state index contributed by atoms with van der Waals surface area (Å²) in [6.07, 6.45) is 1.47. The third-order valence-corrected chi connectivity index (χ3v) is 7.97. The minimum absolute atomic E-state index is 0.0288. The fourth-order valence-corrected chi connectivity index (χ4v) is 5.68. The zero-order valence-electron chi connectivity index (χ0n) is 24.5. The van der Waals surface area contributed by atoms with Crippen molar-refractivity contribution in [1.29, 1.82) is 0 Å². The van der Waals surface area contributed by atoms with Gasteiger partial charge in [0.15, 0.2) is 0 Å². The van der Waals surface area contributed by atoms with Gasteiger partial charge in [-0.3, -0.25) is 9.59 Å². The molecule has 43 heavy (non-hydrogen) atoms. The van der Waals surface area contributed by atoms with Crippen LogP contribution < -0.4 is 15.4 Å². The topological polar surface area (TPSA) is 90.9 Å². The normalized spacial score (nSPS) is 16.0. The van der Waals surface area contributed by atoms with Crippen molar-refractivity contribution < 1.29 is 19.4 Å². The number of ether oxygens (including phenoxy) is 1. The fraction of sp³-hybridized carbons (Fsp3) is 0.278. The molecule has 1 saturated heterocycles. The van der Waals surface area contributed by atoms with Gasteiger partial charge in [0.05, 0.1) is 25.3 Å². The molecule has 1 fully saturated rings. The highest BCUT2D eigenvalue weighted by Gasteiger charge is 2.31. The number of aliphatic hydroxyl groups is 1. The number of amides is 2. The zero-order chi connectivity index (χ0) is 30.0. The molecule has 4 aromatic carbocycles. The van der Waals surface area contributed by atoms with Crippen LogP contribution >= 0.6 is 0 Å². The Morgan fingerprint density at radius 1 is 0.884 bits per heavy atom. The van der Waals surface area contributed by atoms with E-state index >= 15 is 0 Å². The van der Waals surface area contributed by atoms with Crippen LogP contribution in [0.5, 0.6) is 5.75 Å². The Morgan fingerprint density at radius 2 is 1.58 bits per heavy atom. The number of carbonyl (C=O) groups is 2. The second-order valence-corrected chi connectivity index (χ2v) is 11.0. The van der Waals surface area contributed by atoms with E-state index in [-0.39, 0.29) is 24.4 Å². The lowest BCUT2D eigenvalue weighted by Gasteiger charge is -2.26. The zero-order valence-corrected chi connectivity index (χ0v) is 24.5. The summed E-state index contributed by atoms with van der Waals surface area (Å²) in [5.41, 5.74) is 4.03. The van der Waals surface area contributed by atoms with E-state index in [0.717, 1.165) is 35.3 Å². The van der Waals surface area contributed by atoms with Crippen molar-refractivity contribution >= 4 is 11.8 Å². The molecular weight excluding hydrogens is 538 g/mol. The predicted molar refractivity (Wildman–Crippen MR) is 168 cm³/mol. The van der Waals surface area contributed by atoms with Crippen LogP contribution in [0.15, 0.2) is 109 Å². The highest BCUT2D eigenvalue weighted by Crippen LogP contribution is 2.33. The number of likely N-dealkylation sites (tertiary alicyclic amines) is 1. The highest BCUT2D eigenvalue weighted by molar-refractivity contribution is 6.00. The molecule has 0 saturated carbocycles. The SMILES string of the molecule is COc1cccc(CNC[C@H](O)[C@H](Cc2ccccc2)NC(=O)c2cccc(C(=O)N3CCCC3c3ccccc3)c2)c1. The van der Waals surface area contributed by atoms with E-state index in [9.17, 15) is 14.7 Å². The molecule has 1 aliphatic heterocycles. The molecule has 5 rings (SSSR count). The van der Waals surface area contributed by atoms with Crippen molar-refractivity contribution in [3.63, 3.8) is 0 Å². The molecule has 222 valence electrons. The van der Waals surface area contributed by atoms with Crippen molar-refractivity contribution in [3.05, 3.63) is 137 Å². The number of hydrogen-bond donors (Lipinski definition) is 3. The van der Waals surface area contributed by atoms with Gasteiger partial charge >= 0.3 is 0 Å². The van der Waals surface area contributed by atoms with Crippen LogP contribution in [0.4, 0.5) is 0 Å². The quantitative estimate of drug-likeness (QED) is 0.216. The molecule has 0 bridgehead atoms. The van der Waals surface area contributed by atoms with Gasteiger partial charge in [0.25, 0.3) is 11.8 Å². The molecule has 4 aromatic rings. The number of rotatable bonds is 12. The number of nitrogens with zero attached hydrogens (tertiary/aromatic N) is 1. The molecule has 7 heteroatoms. The van der Waals surface area contributed by atoms with E-state index in [1.54, 1.807) is 31.4 Å². The molecular formula is C36H39N3O4. The maximum atomic E-state index is 13.6. The minimum atomic E-state index is -0.851. The van der Waals surface area contributed by atoms with Crippen LogP contribution in [0.25, 0.3) is 0 Å². The first-order valence-corrected chi connectivity index (χ1v) is 14.8. The van der Waals surface area contributed by atoms with Crippen LogP contribution in [0, 0.1) is 0 Å². The van der Waals surface area contributed by atoms with Gasteiger partial charge in [-0.1, -0.05) is 78.9 Å². The summed E-state index contributed by atoms with van der Waals surface area (Å²) in [4.78, 5) is 29.0. The molecule has 0 spiro atoms. The number of nitrogens with one attached hydrogen (secondary N) is 2. The van der Waals surface area contributed by atoms with Crippen molar-refractivity contribution in [3.8, 4) is 5.75 Å². The first-order chi connectivity index (χ1) is 21.0. The maximum absolute atomic E-state index is 13.6. The molecule has 3 N–H and O–H groups in total. The number of carbonyl (C=O) groups excluding carboxylic acids is 2. The van der Waals surface area contributed by atoms with Gasteiger partial charge in [-0.05, 0) is 66.3 Å². The summed E-state index contributed by atoms with van der Waals surface area (Å²) < 4.78 is 5.30. The molecule has 2 amide bonds. The monoisotopic (exact) mass is 577 g/mol. The average Bonchev–Trinajstić information content (AvgIpc) is 3.55. The van der Waals surface area contributed by atoms with Gasteiger partial charge in [-0.25, -0.2) is 0 Å². The number of hydrogen-bond acceptors (Lipinski definition) is 5. The standard InChI is InChI=1S/C36H39N3O4/c1-43-31-18-8-13-27(21-31)24-37-25-34(40)32(22-26-11-4-2-5-12-26)38-35(41)29-16-9-17-30(23-29)36(42)39-20-10-19-33(39)28-14-6-3-7-15-28/h2-9,11-18,21,23,32-34,37,40H,10,19-20,22,24-25H2,1H3,(H,38,41)/t32-,33?,34-/m0/s1. The summed E-state index contributed by atoms with van der Waals surface area (Å²) in [7, 11) is 1.63. The lowest BCUT2D eigenvalue weighted by atomic mass is 10.00. The van der Waals surface area contributed by atoms with Gasteiger partial charge in [-0.15, -0.1) is 0 Å². The van der Waals surface area contributed by atoms with E-state index in [4.69, 9.17) is 4.74 Å². The first kappa shape index (κ1) is 30.0. The summed E-state index contributed by atoms with van der Waals surface area (Å²) >= 11 is 0. The van der Waals surface area contributed by atoms with Crippen molar-refractivity contribution in [2.24, 2.45) is 0 Å². The molecule has 0 aliphatic carbocycles. The molecule has 1 aliphatic rings. The van der Waals surface area contributed by atoms with Crippen molar-refractivity contribution in [1.82, 2.24) is 15.5 Å². The predicted octanol–water partition coefficient (Wildman–Crippen LogP) is 5.16. The van der Waals surface area contributed by atoms with E-state index in [2.05, 4.69) is 22.8 Å². The Bertz CT molecular complexity index is 1490. The van der Waals surface area contributed by atoms with Gasteiger partial charge in [0.1, 0.15) is 5.75 Å². The molecule has 1 unspecified atom stereocenters. The minimum Gasteiger partial charge on any atom is -0.497 e. The number of aliphatic hydroxyl groups excluding tert-OH is 1. The van der Waals surface area contributed by atoms with Crippen molar-refractivity contribution in [2.45, 2.75) is 44.0 Å². The smallest absolute Gasteiger partial charge is 0.254 e. The summed E-state index contributed by atoms with van der Waals surface area (Å²) in [5, 5.41) is 17.5. The van der Waals surface area contributed by atoms with Gasteiger partial charge in [0.2, 0.25) is 0 Å². The Morgan fingerprint density at radius 3 is 2.35 bits per heavy atom. The van der Waals surface area contributed by atoms with Crippen LogP contribution in [-0.2, 0) is 13.0 Å². The number of benzene rings is 4. The lowest BCUT2D eigenvalue weighted by Crippen LogP contribution is -2.48. The molecule has 0 aromatic heterocycles. The first-order valence-electron chi connectivity index (χ1n) is 14.8. The lowest BCUT2D eigenvalue weighted by molar-refractivity contribution is 0.0735. The molecule has 3 atom stereocenters. The second kappa shape index (κ2) is 14.6. The average molecular weight is 578 g/mol. The Labute approximate surface area is 253 Å². The van der Waals surface area contributed by atoms with Gasteiger partial charge < -0.3 is 25.4 Å². The highest BCUT2D eigenvalue weighted by atomic mass is 16.5. The Hall–Kier alpha value is -4.46. The van der Waals surface area contributed by atoms with Crippen LogP contribution in [-0.4, -0.2) is 54.2 Å². The third kappa shape index (κ3) is 7.89. The summed E-state index contributed by atoms with van der Waals surface area (Å²) in [6, 6.07) is 34.0. The van der Waals surface area contributed by atoms with E-state index in [0.29, 0.717) is 30.6 Å². The van der Waals surface area contributed by atoms with E-state index in [1.165, 1.54) is 0 Å². The fourth-order valence-electron chi connectivity index (χ4n) is 5.68. The van der Waals surface area contributed by atoms with Gasteiger partial charge in [0, 0.05) is 30.8 Å². The van der Waals surface area contributed by atoms with Crippen LogP contribution in [0.2, 0.25) is 0 Å². The third-order valence-electron chi connectivity index (χ3n) is 7.97. The number of methoxy groups -OCH3 is 1. The van der Waals surface area contributed by atoms with E-state index < -0.39 is 12.1 Å². The molecule has 7 nitrogen and oxygen atoms in total. The molecule has 1 heterocycles. The molecule has 0 radical (unpaired) electrons. The second-order valence-electron chi connectivity index (χ2n) is 11.0. The Balaban J connectivity index is 1.27. The van der Waals surface area contributed by atoms with E-state index in [1.807, 2.05) is 77.7 Å². The maximum Gasteiger partial charge on any atom is 0.254 e. The van der Waals surface area contributed by atoms with Crippen LogP contribution in [0.3, 0.4) is 0 Å².